The van der Waals surface area contributed by atoms with Gasteiger partial charge in [0.1, 0.15) is 0 Å². The van der Waals surface area contributed by atoms with Crippen molar-refractivity contribution >= 4 is 34.2 Å². The maximum Gasteiger partial charge on any atom is 0.224 e. The smallest absolute Gasteiger partial charge is 0.224 e. The summed E-state index contributed by atoms with van der Waals surface area (Å²) in [5, 5.41) is 2.93. The minimum atomic E-state index is 0.0742. The van der Waals surface area contributed by atoms with Gasteiger partial charge in [-0.25, -0.2) is 0 Å². The first-order valence-corrected chi connectivity index (χ1v) is 7.40. The molecule has 1 N–H and O–H groups in total. The molecule has 1 heterocycles. The Balaban J connectivity index is 1.80. The summed E-state index contributed by atoms with van der Waals surface area (Å²) in [6, 6.07) is 5.97. The third kappa shape index (κ3) is 3.95. The Bertz CT molecular complexity index is 428. The van der Waals surface area contributed by atoms with Crippen LogP contribution in [0.5, 0.6) is 0 Å². The first kappa shape index (κ1) is 13.8. The molecule has 1 saturated heterocycles. The first-order chi connectivity index (χ1) is 8.65. The van der Waals surface area contributed by atoms with Gasteiger partial charge in [-0.3, -0.25) is 4.79 Å². The maximum atomic E-state index is 11.8. The maximum absolute atomic E-state index is 11.8. The molecule has 4 heteroatoms. The van der Waals surface area contributed by atoms with E-state index in [-0.39, 0.29) is 12.0 Å². The Kier molecular flexibility index (Phi) is 5.00. The number of rotatable bonds is 4. The zero-order valence-corrected chi connectivity index (χ0v) is 12.7. The van der Waals surface area contributed by atoms with Crippen molar-refractivity contribution < 1.29 is 9.53 Å². The minimum absolute atomic E-state index is 0.0742. The highest BCUT2D eigenvalue weighted by atomic mass is 127. The van der Waals surface area contributed by atoms with Crippen LogP contribution in [-0.4, -0.2) is 18.6 Å². The van der Waals surface area contributed by atoms with Gasteiger partial charge in [0.15, 0.2) is 0 Å². The van der Waals surface area contributed by atoms with Crippen LogP contribution >= 0.6 is 22.6 Å². The number of ether oxygens (including phenoxy) is 1. The summed E-state index contributed by atoms with van der Waals surface area (Å²) in [5.41, 5.74) is 2.11. The second-order valence-corrected chi connectivity index (χ2v) is 5.85. The number of carbonyl (C=O) groups is 1. The van der Waals surface area contributed by atoms with Crippen LogP contribution in [-0.2, 0) is 9.53 Å². The van der Waals surface area contributed by atoms with E-state index < -0.39 is 0 Å². The molecule has 1 aromatic carbocycles. The highest BCUT2D eigenvalue weighted by molar-refractivity contribution is 14.1. The lowest BCUT2D eigenvalue weighted by Crippen LogP contribution is -2.15. The number of aryl methyl sites for hydroxylation is 1. The van der Waals surface area contributed by atoms with E-state index in [1.54, 1.807) is 0 Å². The molecule has 0 unspecified atom stereocenters. The summed E-state index contributed by atoms with van der Waals surface area (Å²) in [7, 11) is 0. The molecule has 1 aliphatic heterocycles. The monoisotopic (exact) mass is 359 g/mol. The second kappa shape index (κ2) is 6.52. The van der Waals surface area contributed by atoms with E-state index >= 15 is 0 Å². The van der Waals surface area contributed by atoms with Crippen molar-refractivity contribution in [1.82, 2.24) is 0 Å². The average molecular weight is 359 g/mol. The lowest BCUT2D eigenvalue weighted by molar-refractivity contribution is -0.116. The number of hydrogen-bond acceptors (Lipinski definition) is 2. The van der Waals surface area contributed by atoms with Gasteiger partial charge in [-0.2, -0.15) is 0 Å². The van der Waals surface area contributed by atoms with Crippen LogP contribution < -0.4 is 5.32 Å². The van der Waals surface area contributed by atoms with Gasteiger partial charge in [-0.1, -0.05) is 6.07 Å². The Morgan fingerprint density at radius 1 is 1.56 bits per heavy atom. The van der Waals surface area contributed by atoms with E-state index in [2.05, 4.69) is 34.8 Å². The number of halogens is 1. The quantitative estimate of drug-likeness (QED) is 0.836. The molecule has 1 aromatic rings. The fraction of sp³-hybridized carbons (Fsp3) is 0.500. The van der Waals surface area contributed by atoms with Crippen LogP contribution in [0.25, 0.3) is 0 Å². The third-order valence-corrected chi connectivity index (χ3v) is 4.34. The average Bonchev–Trinajstić information content (AvgIpc) is 2.84. The van der Waals surface area contributed by atoms with Crippen LogP contribution in [0.4, 0.5) is 5.69 Å². The van der Waals surface area contributed by atoms with Gasteiger partial charge < -0.3 is 10.1 Å². The molecular weight excluding hydrogens is 341 g/mol. The highest BCUT2D eigenvalue weighted by Crippen LogP contribution is 2.19. The molecule has 0 spiro atoms. The molecular formula is C14H18INO2. The predicted molar refractivity (Wildman–Crippen MR) is 80.7 cm³/mol. The standard InChI is InChI=1S/C14H18INO2/c1-10-4-5-11(9-13(10)15)16-14(17)7-6-12-3-2-8-18-12/h4-5,9,12H,2-3,6-8H2,1H3,(H,16,17)/t12-/m1/s1. The van der Waals surface area contributed by atoms with E-state index in [1.165, 1.54) is 9.13 Å². The molecule has 1 fully saturated rings. The summed E-state index contributed by atoms with van der Waals surface area (Å²) in [6.45, 7) is 2.91. The minimum Gasteiger partial charge on any atom is -0.378 e. The molecule has 98 valence electrons. The third-order valence-electron chi connectivity index (χ3n) is 3.17. The molecule has 0 radical (unpaired) electrons. The second-order valence-electron chi connectivity index (χ2n) is 4.69. The molecule has 0 aliphatic carbocycles. The van der Waals surface area contributed by atoms with Gasteiger partial charge in [0.05, 0.1) is 6.10 Å². The van der Waals surface area contributed by atoms with E-state index in [1.807, 2.05) is 18.2 Å². The van der Waals surface area contributed by atoms with Gasteiger partial charge >= 0.3 is 0 Å². The normalized spacial score (nSPS) is 18.9. The Morgan fingerprint density at radius 2 is 2.39 bits per heavy atom. The van der Waals surface area contributed by atoms with Crippen molar-refractivity contribution in [3.8, 4) is 0 Å². The largest absolute Gasteiger partial charge is 0.378 e. The van der Waals surface area contributed by atoms with Crippen LogP contribution in [0.2, 0.25) is 0 Å². The summed E-state index contributed by atoms with van der Waals surface area (Å²) >= 11 is 2.28. The van der Waals surface area contributed by atoms with Crippen molar-refractivity contribution in [2.75, 3.05) is 11.9 Å². The fourth-order valence-corrected chi connectivity index (χ4v) is 2.57. The van der Waals surface area contributed by atoms with Crippen LogP contribution in [0, 0.1) is 10.5 Å². The molecule has 0 bridgehead atoms. The van der Waals surface area contributed by atoms with Crippen LogP contribution in [0.1, 0.15) is 31.2 Å². The number of anilines is 1. The molecule has 1 atom stereocenters. The molecule has 18 heavy (non-hydrogen) atoms. The molecule has 1 amide bonds. The highest BCUT2D eigenvalue weighted by Gasteiger charge is 2.16. The topological polar surface area (TPSA) is 38.3 Å². The first-order valence-electron chi connectivity index (χ1n) is 6.33. The van der Waals surface area contributed by atoms with Gasteiger partial charge in [0.2, 0.25) is 5.91 Å². The lowest BCUT2D eigenvalue weighted by atomic mass is 10.1. The van der Waals surface area contributed by atoms with Crippen molar-refractivity contribution in [1.29, 1.82) is 0 Å². The zero-order chi connectivity index (χ0) is 13.0. The summed E-state index contributed by atoms with van der Waals surface area (Å²) in [6.07, 6.45) is 3.87. The number of amides is 1. The molecule has 3 nitrogen and oxygen atoms in total. The van der Waals surface area contributed by atoms with Crippen molar-refractivity contribution in [2.45, 2.75) is 38.7 Å². The Hall–Kier alpha value is -0.620. The molecule has 2 rings (SSSR count). The van der Waals surface area contributed by atoms with E-state index in [0.29, 0.717) is 6.42 Å². The summed E-state index contributed by atoms with van der Waals surface area (Å²) < 4.78 is 6.68. The van der Waals surface area contributed by atoms with Gasteiger partial charge in [0, 0.05) is 22.3 Å². The van der Waals surface area contributed by atoms with Crippen molar-refractivity contribution in [3.63, 3.8) is 0 Å². The van der Waals surface area contributed by atoms with E-state index in [4.69, 9.17) is 4.74 Å². The molecule has 0 saturated carbocycles. The van der Waals surface area contributed by atoms with E-state index in [0.717, 1.165) is 31.6 Å². The Morgan fingerprint density at radius 3 is 3.06 bits per heavy atom. The van der Waals surface area contributed by atoms with Crippen molar-refractivity contribution in [2.24, 2.45) is 0 Å². The van der Waals surface area contributed by atoms with Gasteiger partial charge in [-0.15, -0.1) is 0 Å². The lowest BCUT2D eigenvalue weighted by Gasteiger charge is -2.10. The number of nitrogens with one attached hydrogen (secondary N) is 1. The van der Waals surface area contributed by atoms with Crippen LogP contribution in [0.15, 0.2) is 18.2 Å². The fourth-order valence-electron chi connectivity index (χ4n) is 2.06. The predicted octanol–water partition coefficient (Wildman–Crippen LogP) is 3.50. The van der Waals surface area contributed by atoms with Gasteiger partial charge in [0.25, 0.3) is 0 Å². The zero-order valence-electron chi connectivity index (χ0n) is 10.5. The molecule has 0 aromatic heterocycles. The van der Waals surface area contributed by atoms with Crippen molar-refractivity contribution in [3.05, 3.63) is 27.3 Å². The number of hydrogen-bond donors (Lipinski definition) is 1. The summed E-state index contributed by atoms with van der Waals surface area (Å²) in [5.74, 6) is 0.0742. The summed E-state index contributed by atoms with van der Waals surface area (Å²) in [4.78, 5) is 11.8. The molecule has 1 aliphatic rings. The SMILES string of the molecule is Cc1ccc(NC(=O)CC[C@H]2CCCO2)cc1I. The number of benzene rings is 1. The van der Waals surface area contributed by atoms with Crippen LogP contribution in [0.3, 0.4) is 0 Å². The van der Waals surface area contributed by atoms with E-state index in [9.17, 15) is 4.79 Å². The van der Waals surface area contributed by atoms with Gasteiger partial charge in [-0.05, 0) is 66.5 Å². The number of carbonyl (C=O) groups excluding carboxylic acids is 1. The Labute approximate surface area is 121 Å².